The van der Waals surface area contributed by atoms with Crippen molar-refractivity contribution in [2.45, 2.75) is 32.5 Å². The van der Waals surface area contributed by atoms with E-state index in [1.807, 2.05) is 17.5 Å². The molecule has 2 aromatic heterocycles. The lowest BCUT2D eigenvalue weighted by Crippen LogP contribution is -2.34. The maximum atomic E-state index is 11.5. The smallest absolute Gasteiger partial charge is 0.407 e. The van der Waals surface area contributed by atoms with E-state index in [2.05, 4.69) is 10.3 Å². The number of rotatable bonds is 3. The van der Waals surface area contributed by atoms with E-state index < -0.39 is 17.8 Å². The Balaban J connectivity index is 1.99. The molecule has 0 aliphatic rings. The second kappa shape index (κ2) is 5.76. The van der Waals surface area contributed by atoms with Crippen molar-refractivity contribution in [2.75, 3.05) is 6.54 Å². The molecule has 1 atom stereocenters. The highest BCUT2D eigenvalue weighted by molar-refractivity contribution is 7.16. The van der Waals surface area contributed by atoms with Crippen LogP contribution in [-0.2, 0) is 4.74 Å². The molecule has 0 fully saturated rings. The van der Waals surface area contributed by atoms with Gasteiger partial charge in [0.15, 0.2) is 0 Å². The molecule has 0 saturated carbocycles. The predicted octanol–water partition coefficient (Wildman–Crippen LogP) is 2.85. The van der Waals surface area contributed by atoms with Gasteiger partial charge in [-0.2, -0.15) is 0 Å². The fourth-order valence-electron chi connectivity index (χ4n) is 1.75. The van der Waals surface area contributed by atoms with Crippen LogP contribution in [-0.4, -0.2) is 28.3 Å². The average Bonchev–Trinajstić information content (AvgIpc) is 2.78. The summed E-state index contributed by atoms with van der Waals surface area (Å²) in [5.41, 5.74) is 0.225. The van der Waals surface area contributed by atoms with Crippen LogP contribution in [0.15, 0.2) is 23.7 Å². The largest absolute Gasteiger partial charge is 0.444 e. The molecule has 1 unspecified atom stereocenters. The molecular weight excluding hydrogens is 276 g/mol. The number of ether oxygens (including phenoxy) is 1. The first-order chi connectivity index (χ1) is 9.37. The van der Waals surface area contributed by atoms with Gasteiger partial charge < -0.3 is 15.2 Å². The Labute approximate surface area is 121 Å². The quantitative estimate of drug-likeness (QED) is 0.913. The highest BCUT2D eigenvalue weighted by Gasteiger charge is 2.18. The lowest BCUT2D eigenvalue weighted by molar-refractivity contribution is 0.0492. The molecular formula is C14H18N2O3S. The van der Waals surface area contributed by atoms with Gasteiger partial charge in [0.1, 0.15) is 10.4 Å². The number of fused-ring (bicyclic) bond motifs is 1. The number of carbonyl (C=O) groups excluding carboxylic acids is 1. The van der Waals surface area contributed by atoms with Gasteiger partial charge >= 0.3 is 6.09 Å². The lowest BCUT2D eigenvalue weighted by atomic mass is 10.1. The van der Waals surface area contributed by atoms with Gasteiger partial charge in [0.25, 0.3) is 0 Å². The third-order valence-electron chi connectivity index (χ3n) is 2.58. The second-order valence-electron chi connectivity index (χ2n) is 5.45. The Kier molecular flexibility index (Phi) is 4.25. The lowest BCUT2D eigenvalue weighted by Gasteiger charge is -2.20. The minimum Gasteiger partial charge on any atom is -0.444 e. The van der Waals surface area contributed by atoms with Gasteiger partial charge in [-0.15, -0.1) is 11.3 Å². The van der Waals surface area contributed by atoms with Crippen molar-refractivity contribution in [3.8, 4) is 0 Å². The summed E-state index contributed by atoms with van der Waals surface area (Å²) >= 11 is 1.47. The molecule has 2 rings (SSSR count). The zero-order valence-electron chi connectivity index (χ0n) is 11.7. The number of nitrogens with zero attached hydrogens (tertiary/aromatic N) is 1. The average molecular weight is 294 g/mol. The number of aliphatic hydroxyl groups is 1. The molecule has 0 bridgehead atoms. The number of aromatic nitrogens is 1. The van der Waals surface area contributed by atoms with Crippen molar-refractivity contribution in [1.82, 2.24) is 10.3 Å². The van der Waals surface area contributed by atoms with Crippen LogP contribution in [0.1, 0.15) is 32.4 Å². The van der Waals surface area contributed by atoms with Gasteiger partial charge in [-0.3, -0.25) is 0 Å². The number of nitrogens with one attached hydrogen (secondary N) is 1. The Hall–Kier alpha value is -1.66. The monoisotopic (exact) mass is 294 g/mol. The second-order valence-corrected chi connectivity index (χ2v) is 6.30. The number of pyridine rings is 1. The Morgan fingerprint density at radius 3 is 3.00 bits per heavy atom. The molecule has 0 radical (unpaired) electrons. The van der Waals surface area contributed by atoms with Crippen LogP contribution in [0.3, 0.4) is 0 Å². The zero-order chi connectivity index (χ0) is 14.8. The van der Waals surface area contributed by atoms with Gasteiger partial charge in [0.05, 0.1) is 12.6 Å². The van der Waals surface area contributed by atoms with Crippen molar-refractivity contribution in [2.24, 2.45) is 0 Å². The van der Waals surface area contributed by atoms with E-state index >= 15 is 0 Å². The molecule has 0 spiro atoms. The summed E-state index contributed by atoms with van der Waals surface area (Å²) in [5.74, 6) is 0. The van der Waals surface area contributed by atoms with E-state index in [-0.39, 0.29) is 6.54 Å². The van der Waals surface area contributed by atoms with E-state index in [0.29, 0.717) is 0 Å². The van der Waals surface area contributed by atoms with Crippen molar-refractivity contribution in [1.29, 1.82) is 0 Å². The molecule has 2 N–H and O–H groups in total. The number of thiophene rings is 1. The zero-order valence-corrected chi connectivity index (χ0v) is 12.5. The molecule has 6 heteroatoms. The standard InChI is InChI=1S/C14H18N2O3S/c1-14(2,3)19-13(18)16-7-11(17)10-8-20-12-9(10)5-4-6-15-12/h4-6,8,11,17H,7H2,1-3H3,(H,16,18). The Morgan fingerprint density at radius 2 is 2.30 bits per heavy atom. The van der Waals surface area contributed by atoms with Gasteiger partial charge in [0, 0.05) is 17.1 Å². The highest BCUT2D eigenvalue weighted by Crippen LogP contribution is 2.28. The number of aliphatic hydroxyl groups excluding tert-OH is 1. The number of hydrogen-bond acceptors (Lipinski definition) is 5. The normalized spacial score (nSPS) is 13.2. The summed E-state index contributed by atoms with van der Waals surface area (Å²) < 4.78 is 5.12. The van der Waals surface area contributed by atoms with Crippen molar-refractivity contribution >= 4 is 27.6 Å². The third-order valence-corrected chi connectivity index (χ3v) is 3.50. The van der Waals surface area contributed by atoms with E-state index in [0.717, 1.165) is 15.8 Å². The van der Waals surface area contributed by atoms with Crippen LogP contribution in [0.4, 0.5) is 4.79 Å². The van der Waals surface area contributed by atoms with Crippen molar-refractivity contribution in [3.05, 3.63) is 29.3 Å². The van der Waals surface area contributed by atoms with Crippen molar-refractivity contribution < 1.29 is 14.6 Å². The molecule has 0 aliphatic heterocycles. The molecule has 0 aliphatic carbocycles. The summed E-state index contributed by atoms with van der Waals surface area (Å²) in [6.07, 6.45) is 0.406. The molecule has 0 saturated heterocycles. The van der Waals surface area contributed by atoms with Gasteiger partial charge in [0.2, 0.25) is 0 Å². The first kappa shape index (κ1) is 14.7. The minimum atomic E-state index is -0.777. The summed E-state index contributed by atoms with van der Waals surface area (Å²) in [7, 11) is 0. The summed E-state index contributed by atoms with van der Waals surface area (Å²) in [6, 6.07) is 3.73. The first-order valence-electron chi connectivity index (χ1n) is 6.34. The molecule has 5 nitrogen and oxygen atoms in total. The summed E-state index contributed by atoms with van der Waals surface area (Å²) in [6.45, 7) is 5.48. The maximum absolute atomic E-state index is 11.5. The molecule has 2 aromatic rings. The summed E-state index contributed by atoms with van der Waals surface area (Å²) in [4.78, 5) is 16.6. The topological polar surface area (TPSA) is 71.5 Å². The number of alkyl carbamates (subject to hydrolysis) is 1. The predicted molar refractivity (Wildman–Crippen MR) is 78.8 cm³/mol. The fraction of sp³-hybridized carbons (Fsp3) is 0.429. The Morgan fingerprint density at radius 1 is 1.55 bits per heavy atom. The summed E-state index contributed by atoms with van der Waals surface area (Å²) in [5, 5.41) is 15.5. The highest BCUT2D eigenvalue weighted by atomic mass is 32.1. The first-order valence-corrected chi connectivity index (χ1v) is 7.22. The molecule has 0 aromatic carbocycles. The SMILES string of the molecule is CC(C)(C)OC(=O)NCC(O)c1csc2ncccc12. The number of amides is 1. The maximum Gasteiger partial charge on any atom is 0.407 e. The van der Waals surface area contributed by atoms with Crippen LogP contribution >= 0.6 is 11.3 Å². The van der Waals surface area contributed by atoms with Crippen LogP contribution < -0.4 is 5.32 Å². The van der Waals surface area contributed by atoms with Crippen molar-refractivity contribution in [3.63, 3.8) is 0 Å². The van der Waals surface area contributed by atoms with E-state index in [1.165, 1.54) is 11.3 Å². The molecule has 2 heterocycles. The van der Waals surface area contributed by atoms with Gasteiger partial charge in [-0.1, -0.05) is 6.07 Å². The van der Waals surface area contributed by atoms with E-state index in [9.17, 15) is 9.90 Å². The van der Waals surface area contributed by atoms with Crippen LogP contribution in [0, 0.1) is 0 Å². The third kappa shape index (κ3) is 3.68. The fourth-order valence-corrected chi connectivity index (χ4v) is 2.71. The number of carbonyl (C=O) groups is 1. The number of hydrogen-bond donors (Lipinski definition) is 2. The van der Waals surface area contributed by atoms with Gasteiger partial charge in [-0.25, -0.2) is 9.78 Å². The Bertz CT molecular complexity index is 604. The molecule has 20 heavy (non-hydrogen) atoms. The minimum absolute atomic E-state index is 0.107. The van der Waals surface area contributed by atoms with Crippen LogP contribution in [0.5, 0.6) is 0 Å². The van der Waals surface area contributed by atoms with E-state index in [4.69, 9.17) is 4.74 Å². The van der Waals surface area contributed by atoms with E-state index in [1.54, 1.807) is 27.0 Å². The van der Waals surface area contributed by atoms with Crippen LogP contribution in [0.2, 0.25) is 0 Å². The molecule has 1 amide bonds. The van der Waals surface area contributed by atoms with Crippen LogP contribution in [0.25, 0.3) is 10.2 Å². The van der Waals surface area contributed by atoms with Gasteiger partial charge in [-0.05, 0) is 32.2 Å². The molecule has 108 valence electrons.